The summed E-state index contributed by atoms with van der Waals surface area (Å²) in [5, 5.41) is 16.1. The van der Waals surface area contributed by atoms with E-state index in [1.807, 2.05) is 0 Å². The molecule has 1 aromatic carbocycles. The lowest BCUT2D eigenvalue weighted by atomic mass is 10.1. The predicted molar refractivity (Wildman–Crippen MR) is 62.0 cm³/mol. The Labute approximate surface area is 100 Å². The third kappa shape index (κ3) is 1.89. The molecule has 2 aromatic rings. The molecule has 2 rings (SSSR count). The molecule has 6 heteroatoms. The molecule has 0 aliphatic carbocycles. The van der Waals surface area contributed by atoms with E-state index in [1.165, 1.54) is 12.1 Å². The number of phenols is 1. The third-order valence-corrected chi connectivity index (χ3v) is 2.82. The molecular formula is C10H6Cl2N2O2. The van der Waals surface area contributed by atoms with Gasteiger partial charge in [0.15, 0.2) is 0 Å². The second-order valence-corrected chi connectivity index (χ2v) is 3.85. The highest BCUT2D eigenvalue weighted by molar-refractivity contribution is 6.43. The van der Waals surface area contributed by atoms with E-state index in [4.69, 9.17) is 23.2 Å². The maximum Gasteiger partial charge on any atom is 0.264 e. The van der Waals surface area contributed by atoms with Crippen LogP contribution in [-0.4, -0.2) is 15.3 Å². The van der Waals surface area contributed by atoms with Crippen LogP contribution in [-0.2, 0) is 0 Å². The first-order chi connectivity index (χ1) is 7.59. The molecule has 0 saturated carbocycles. The van der Waals surface area contributed by atoms with E-state index >= 15 is 0 Å². The Kier molecular flexibility index (Phi) is 2.85. The molecule has 0 aliphatic rings. The van der Waals surface area contributed by atoms with Crippen LogP contribution < -0.4 is 5.56 Å². The maximum atomic E-state index is 10.8. The Balaban J connectivity index is 2.61. The second-order valence-electron chi connectivity index (χ2n) is 3.06. The van der Waals surface area contributed by atoms with Crippen molar-refractivity contribution in [2.45, 2.75) is 0 Å². The van der Waals surface area contributed by atoms with E-state index in [2.05, 4.69) is 10.2 Å². The lowest BCUT2D eigenvalue weighted by Crippen LogP contribution is -2.05. The summed E-state index contributed by atoms with van der Waals surface area (Å²) in [4.78, 5) is 10.8. The number of hydrogen-bond acceptors (Lipinski definition) is 3. The molecule has 0 spiro atoms. The minimum Gasteiger partial charge on any atom is -0.506 e. The molecule has 0 bridgehead atoms. The molecule has 16 heavy (non-hydrogen) atoms. The largest absolute Gasteiger partial charge is 0.506 e. The lowest BCUT2D eigenvalue weighted by Gasteiger charge is -2.05. The van der Waals surface area contributed by atoms with Crippen molar-refractivity contribution in [3.63, 3.8) is 0 Å². The second kappa shape index (κ2) is 4.15. The Bertz CT molecular complexity index is 575. The quantitative estimate of drug-likeness (QED) is 0.824. The van der Waals surface area contributed by atoms with Gasteiger partial charge in [0.1, 0.15) is 10.8 Å². The molecule has 0 atom stereocenters. The Morgan fingerprint density at radius 3 is 2.56 bits per heavy atom. The molecule has 4 nitrogen and oxygen atoms in total. The highest BCUT2D eigenvalue weighted by atomic mass is 35.5. The molecule has 0 saturated heterocycles. The first kappa shape index (κ1) is 11.0. The number of H-pyrrole nitrogens is 1. The summed E-state index contributed by atoms with van der Waals surface area (Å²) < 4.78 is 0. The van der Waals surface area contributed by atoms with Crippen molar-refractivity contribution in [1.29, 1.82) is 0 Å². The van der Waals surface area contributed by atoms with Gasteiger partial charge in [-0.15, -0.1) is 0 Å². The van der Waals surface area contributed by atoms with Gasteiger partial charge in [-0.1, -0.05) is 23.2 Å². The molecule has 0 fully saturated rings. The van der Waals surface area contributed by atoms with E-state index in [0.717, 1.165) is 0 Å². The fraction of sp³-hybridized carbons (Fsp3) is 0. The zero-order valence-corrected chi connectivity index (χ0v) is 9.38. The summed E-state index contributed by atoms with van der Waals surface area (Å²) >= 11 is 11.5. The monoisotopic (exact) mass is 256 g/mol. The van der Waals surface area contributed by atoms with Gasteiger partial charge in [0.25, 0.3) is 5.56 Å². The number of phenolic OH excluding ortho intramolecular Hbond substituents is 1. The van der Waals surface area contributed by atoms with Crippen LogP contribution in [0.25, 0.3) is 11.3 Å². The third-order valence-electron chi connectivity index (χ3n) is 2.02. The number of benzene rings is 1. The van der Waals surface area contributed by atoms with Crippen LogP contribution in [0.2, 0.25) is 10.0 Å². The van der Waals surface area contributed by atoms with Crippen LogP contribution >= 0.6 is 23.2 Å². The Morgan fingerprint density at radius 2 is 1.94 bits per heavy atom. The lowest BCUT2D eigenvalue weighted by molar-refractivity contribution is 0.477. The van der Waals surface area contributed by atoms with Crippen molar-refractivity contribution < 1.29 is 5.11 Å². The van der Waals surface area contributed by atoms with E-state index in [-0.39, 0.29) is 21.4 Å². The van der Waals surface area contributed by atoms with Crippen LogP contribution in [0.3, 0.4) is 0 Å². The smallest absolute Gasteiger partial charge is 0.264 e. The van der Waals surface area contributed by atoms with Gasteiger partial charge in [-0.3, -0.25) is 4.79 Å². The van der Waals surface area contributed by atoms with Gasteiger partial charge < -0.3 is 5.11 Å². The van der Waals surface area contributed by atoms with Crippen LogP contribution in [0.5, 0.6) is 5.75 Å². The minimum absolute atomic E-state index is 0.0622. The number of aromatic hydroxyl groups is 1. The summed E-state index contributed by atoms with van der Waals surface area (Å²) in [6.07, 6.45) is 0. The summed E-state index contributed by atoms with van der Waals surface area (Å²) in [7, 11) is 0. The molecule has 0 aliphatic heterocycles. The number of aromatic nitrogens is 2. The Hall–Kier alpha value is -1.52. The van der Waals surface area contributed by atoms with E-state index in [0.29, 0.717) is 11.3 Å². The van der Waals surface area contributed by atoms with Crippen molar-refractivity contribution in [3.8, 4) is 17.0 Å². The fourth-order valence-corrected chi connectivity index (χ4v) is 1.56. The van der Waals surface area contributed by atoms with Gasteiger partial charge in [0, 0.05) is 11.6 Å². The number of halogens is 2. The van der Waals surface area contributed by atoms with Crippen LogP contribution in [0, 0.1) is 0 Å². The van der Waals surface area contributed by atoms with Gasteiger partial charge in [0.05, 0.1) is 10.7 Å². The van der Waals surface area contributed by atoms with Crippen LogP contribution in [0.4, 0.5) is 0 Å². The van der Waals surface area contributed by atoms with Gasteiger partial charge in [0.2, 0.25) is 0 Å². The van der Waals surface area contributed by atoms with Gasteiger partial charge >= 0.3 is 0 Å². The average molecular weight is 257 g/mol. The molecule has 1 aromatic heterocycles. The van der Waals surface area contributed by atoms with E-state index in [9.17, 15) is 9.90 Å². The predicted octanol–water partition coefficient (Wildman–Crippen LogP) is 2.45. The van der Waals surface area contributed by atoms with Crippen molar-refractivity contribution in [1.82, 2.24) is 10.2 Å². The van der Waals surface area contributed by atoms with Gasteiger partial charge in [-0.25, -0.2) is 5.10 Å². The molecule has 82 valence electrons. The van der Waals surface area contributed by atoms with Crippen molar-refractivity contribution >= 4 is 23.2 Å². The van der Waals surface area contributed by atoms with E-state index in [1.54, 1.807) is 12.1 Å². The zero-order chi connectivity index (χ0) is 11.7. The number of hydrogen-bond donors (Lipinski definition) is 2. The van der Waals surface area contributed by atoms with E-state index < -0.39 is 0 Å². The van der Waals surface area contributed by atoms with Crippen molar-refractivity contribution in [2.75, 3.05) is 0 Å². The highest BCUT2D eigenvalue weighted by Crippen LogP contribution is 2.38. The molecule has 2 N–H and O–H groups in total. The molecular weight excluding hydrogens is 251 g/mol. The number of nitrogens with zero attached hydrogens (tertiary/aromatic N) is 1. The fourth-order valence-electron chi connectivity index (χ4n) is 1.24. The number of aromatic amines is 1. The molecule has 0 amide bonds. The van der Waals surface area contributed by atoms with Crippen molar-refractivity contribution in [3.05, 3.63) is 44.7 Å². The topological polar surface area (TPSA) is 66.0 Å². The first-order valence-corrected chi connectivity index (χ1v) is 5.08. The van der Waals surface area contributed by atoms with Crippen molar-refractivity contribution in [2.24, 2.45) is 0 Å². The summed E-state index contributed by atoms with van der Waals surface area (Å²) in [5.74, 6) is -0.159. The number of rotatable bonds is 1. The zero-order valence-electron chi connectivity index (χ0n) is 7.87. The molecule has 0 unspecified atom stereocenters. The standard InChI is InChI=1S/C10H6Cl2N2O2/c11-6-2-1-5(10(16)9(6)12)7-3-4-8(15)14-13-7/h1-4,16H,(H,14,15). The minimum atomic E-state index is -0.316. The van der Waals surface area contributed by atoms with Gasteiger partial charge in [-0.05, 0) is 18.2 Å². The van der Waals surface area contributed by atoms with Crippen LogP contribution in [0.1, 0.15) is 0 Å². The molecule has 0 radical (unpaired) electrons. The molecule has 1 heterocycles. The summed E-state index contributed by atoms with van der Waals surface area (Å²) in [6.45, 7) is 0. The first-order valence-electron chi connectivity index (χ1n) is 4.32. The van der Waals surface area contributed by atoms with Crippen LogP contribution in [0.15, 0.2) is 29.1 Å². The maximum absolute atomic E-state index is 10.8. The average Bonchev–Trinajstić information content (AvgIpc) is 2.28. The Morgan fingerprint density at radius 1 is 1.19 bits per heavy atom. The SMILES string of the molecule is O=c1ccc(-c2ccc(Cl)c(Cl)c2O)n[nH]1. The van der Waals surface area contributed by atoms with Gasteiger partial charge in [-0.2, -0.15) is 5.10 Å². The summed E-state index contributed by atoms with van der Waals surface area (Å²) in [5.41, 5.74) is 0.504. The highest BCUT2D eigenvalue weighted by Gasteiger charge is 2.12. The number of nitrogens with one attached hydrogen (secondary N) is 1. The summed E-state index contributed by atoms with van der Waals surface area (Å²) in [6, 6.07) is 5.92. The normalized spacial score (nSPS) is 10.4.